The van der Waals surface area contributed by atoms with E-state index in [2.05, 4.69) is 34.2 Å². The van der Waals surface area contributed by atoms with Gasteiger partial charge >= 0.3 is 5.69 Å². The van der Waals surface area contributed by atoms with E-state index in [1.54, 1.807) is 10.6 Å². The molecule has 0 saturated carbocycles. The molecule has 4 rings (SSSR count). The van der Waals surface area contributed by atoms with E-state index in [0.29, 0.717) is 11.7 Å². The van der Waals surface area contributed by atoms with Crippen LogP contribution in [0, 0.1) is 6.92 Å². The largest absolute Gasteiger partial charge is 0.334 e. The Morgan fingerprint density at radius 1 is 1.11 bits per heavy atom. The quantitative estimate of drug-likeness (QED) is 0.584. The minimum atomic E-state index is -0.119. The molecule has 0 bridgehead atoms. The highest BCUT2D eigenvalue weighted by Crippen LogP contribution is 2.22. The first-order valence-electron chi connectivity index (χ1n) is 8.84. The summed E-state index contributed by atoms with van der Waals surface area (Å²) in [6, 6.07) is 13.9. The van der Waals surface area contributed by atoms with Crippen molar-refractivity contribution in [3.8, 4) is 11.4 Å². The van der Waals surface area contributed by atoms with Gasteiger partial charge in [0.1, 0.15) is 0 Å². The number of imidazole rings is 1. The fraction of sp³-hybridized carbons (Fsp3) is 0.190. The summed E-state index contributed by atoms with van der Waals surface area (Å²) in [6.07, 6.45) is 3.72. The lowest BCUT2D eigenvalue weighted by Gasteiger charge is -2.06. The minimum Gasteiger partial charge on any atom is -0.334 e. The molecule has 4 aromatic rings. The first kappa shape index (κ1) is 17.0. The molecule has 136 valence electrons. The SMILES string of the molecule is Cc1ccc(/C=C/c2nc(-c3ccc4c(c3)[nH]c(=O)n4C(C)C)no2)cc1. The van der Waals surface area contributed by atoms with Crippen LogP contribution in [0.5, 0.6) is 0 Å². The van der Waals surface area contributed by atoms with E-state index in [4.69, 9.17) is 4.52 Å². The van der Waals surface area contributed by atoms with Crippen LogP contribution in [0.3, 0.4) is 0 Å². The molecule has 0 unspecified atom stereocenters. The molecule has 2 aromatic heterocycles. The van der Waals surface area contributed by atoms with Crippen LogP contribution < -0.4 is 5.69 Å². The molecule has 0 aliphatic carbocycles. The van der Waals surface area contributed by atoms with Gasteiger partial charge in [-0.05, 0) is 50.6 Å². The van der Waals surface area contributed by atoms with Crippen LogP contribution in [0.1, 0.15) is 36.9 Å². The lowest BCUT2D eigenvalue weighted by molar-refractivity contribution is 0.411. The van der Waals surface area contributed by atoms with E-state index in [0.717, 1.165) is 22.2 Å². The van der Waals surface area contributed by atoms with E-state index in [-0.39, 0.29) is 11.7 Å². The zero-order valence-corrected chi connectivity index (χ0v) is 15.4. The van der Waals surface area contributed by atoms with E-state index in [1.165, 1.54) is 5.56 Å². The number of H-pyrrole nitrogens is 1. The normalized spacial score (nSPS) is 11.9. The smallest absolute Gasteiger partial charge is 0.326 e. The molecule has 6 heteroatoms. The average molecular weight is 360 g/mol. The van der Waals surface area contributed by atoms with Gasteiger partial charge in [-0.2, -0.15) is 4.98 Å². The lowest BCUT2D eigenvalue weighted by Crippen LogP contribution is -2.18. The number of aromatic nitrogens is 4. The van der Waals surface area contributed by atoms with Crippen LogP contribution in [0.15, 0.2) is 51.8 Å². The second-order valence-corrected chi connectivity index (χ2v) is 6.83. The number of rotatable bonds is 4. The standard InChI is InChI=1S/C21H20N4O2/c1-13(2)25-18-10-9-16(12-17(18)22-21(25)26)20-23-19(27-24-20)11-8-15-6-4-14(3)5-7-15/h4-13H,1-3H3,(H,22,26)/b11-8+. The Morgan fingerprint density at radius 3 is 2.63 bits per heavy atom. The number of benzene rings is 2. The molecule has 27 heavy (non-hydrogen) atoms. The van der Waals surface area contributed by atoms with Crippen LogP contribution in [0.2, 0.25) is 0 Å². The summed E-state index contributed by atoms with van der Waals surface area (Å²) in [7, 11) is 0. The third-order valence-corrected chi connectivity index (χ3v) is 4.43. The van der Waals surface area contributed by atoms with E-state index >= 15 is 0 Å². The highest BCUT2D eigenvalue weighted by atomic mass is 16.5. The van der Waals surface area contributed by atoms with Gasteiger partial charge in [-0.15, -0.1) is 0 Å². The highest BCUT2D eigenvalue weighted by molar-refractivity contribution is 5.81. The highest BCUT2D eigenvalue weighted by Gasteiger charge is 2.12. The zero-order valence-electron chi connectivity index (χ0n) is 15.4. The first-order valence-corrected chi connectivity index (χ1v) is 8.84. The summed E-state index contributed by atoms with van der Waals surface area (Å²) >= 11 is 0. The number of hydrogen-bond acceptors (Lipinski definition) is 4. The molecule has 0 fully saturated rings. The maximum atomic E-state index is 12.1. The van der Waals surface area contributed by atoms with Gasteiger partial charge in [0.15, 0.2) is 0 Å². The topological polar surface area (TPSA) is 76.7 Å². The molecule has 0 aliphatic heterocycles. The Morgan fingerprint density at radius 2 is 1.89 bits per heavy atom. The van der Waals surface area contributed by atoms with Gasteiger partial charge in [0, 0.05) is 17.7 Å². The third-order valence-electron chi connectivity index (χ3n) is 4.43. The number of nitrogens with zero attached hydrogens (tertiary/aromatic N) is 3. The maximum Gasteiger partial charge on any atom is 0.326 e. The molecular weight excluding hydrogens is 340 g/mol. The number of fused-ring (bicyclic) bond motifs is 1. The number of hydrogen-bond donors (Lipinski definition) is 1. The minimum absolute atomic E-state index is 0.0841. The molecule has 0 atom stereocenters. The van der Waals surface area contributed by atoms with Crippen molar-refractivity contribution in [1.29, 1.82) is 0 Å². The number of aryl methyl sites for hydroxylation is 1. The summed E-state index contributed by atoms with van der Waals surface area (Å²) < 4.78 is 7.05. The van der Waals surface area contributed by atoms with Crippen molar-refractivity contribution in [1.82, 2.24) is 19.7 Å². The fourth-order valence-corrected chi connectivity index (χ4v) is 3.05. The summed E-state index contributed by atoms with van der Waals surface area (Å²) in [6.45, 7) is 6.01. The van der Waals surface area contributed by atoms with Crippen molar-refractivity contribution in [2.75, 3.05) is 0 Å². The molecular formula is C21H20N4O2. The van der Waals surface area contributed by atoms with Gasteiger partial charge in [0.25, 0.3) is 5.89 Å². The van der Waals surface area contributed by atoms with Crippen molar-refractivity contribution in [3.63, 3.8) is 0 Å². The van der Waals surface area contributed by atoms with E-state index in [9.17, 15) is 4.79 Å². The van der Waals surface area contributed by atoms with Gasteiger partial charge in [-0.3, -0.25) is 4.57 Å². The lowest BCUT2D eigenvalue weighted by atomic mass is 10.1. The van der Waals surface area contributed by atoms with Crippen molar-refractivity contribution >= 4 is 23.2 Å². The molecule has 2 heterocycles. The van der Waals surface area contributed by atoms with Crippen LogP contribution in [0.4, 0.5) is 0 Å². The molecule has 0 aliphatic rings. The molecule has 2 aromatic carbocycles. The van der Waals surface area contributed by atoms with Gasteiger partial charge in [-0.25, -0.2) is 4.79 Å². The maximum absolute atomic E-state index is 12.1. The van der Waals surface area contributed by atoms with Crippen molar-refractivity contribution in [3.05, 3.63) is 70.0 Å². The Labute approximate surface area is 156 Å². The summed E-state index contributed by atoms with van der Waals surface area (Å²) in [5, 5.41) is 4.05. The Balaban J connectivity index is 1.63. The molecule has 0 amide bonds. The zero-order chi connectivity index (χ0) is 19.0. The van der Waals surface area contributed by atoms with Gasteiger partial charge in [0.2, 0.25) is 5.82 Å². The molecule has 6 nitrogen and oxygen atoms in total. The summed E-state index contributed by atoms with van der Waals surface area (Å²) in [5.41, 5.74) is 4.57. The van der Waals surface area contributed by atoms with Crippen molar-refractivity contribution < 1.29 is 4.52 Å². The second-order valence-electron chi connectivity index (χ2n) is 6.83. The van der Waals surface area contributed by atoms with Crippen LogP contribution in [-0.4, -0.2) is 19.7 Å². The average Bonchev–Trinajstić information content (AvgIpc) is 3.24. The molecule has 0 radical (unpaired) electrons. The van der Waals surface area contributed by atoms with Crippen LogP contribution in [-0.2, 0) is 0 Å². The second kappa shape index (κ2) is 6.72. The monoisotopic (exact) mass is 360 g/mol. The number of nitrogens with one attached hydrogen (secondary N) is 1. The Hall–Kier alpha value is -3.41. The van der Waals surface area contributed by atoms with Crippen molar-refractivity contribution in [2.24, 2.45) is 0 Å². The molecule has 0 saturated heterocycles. The van der Waals surface area contributed by atoms with Crippen LogP contribution >= 0.6 is 0 Å². The first-order chi connectivity index (χ1) is 13.0. The van der Waals surface area contributed by atoms with E-state index in [1.807, 2.05) is 50.3 Å². The van der Waals surface area contributed by atoms with E-state index < -0.39 is 0 Å². The Bertz CT molecular complexity index is 1180. The summed E-state index contributed by atoms with van der Waals surface area (Å²) in [5.74, 6) is 0.914. The number of aromatic amines is 1. The predicted octanol–water partition coefficient (Wildman–Crippen LogP) is 4.44. The van der Waals surface area contributed by atoms with Crippen LogP contribution in [0.25, 0.3) is 34.6 Å². The Kier molecular flexibility index (Phi) is 4.24. The predicted molar refractivity (Wildman–Crippen MR) is 106 cm³/mol. The molecule has 0 spiro atoms. The molecule has 1 N–H and O–H groups in total. The fourth-order valence-electron chi connectivity index (χ4n) is 3.05. The van der Waals surface area contributed by atoms with Gasteiger partial charge in [-0.1, -0.05) is 35.0 Å². The summed E-state index contributed by atoms with van der Waals surface area (Å²) in [4.78, 5) is 19.4. The van der Waals surface area contributed by atoms with Crippen molar-refractivity contribution in [2.45, 2.75) is 26.8 Å². The van der Waals surface area contributed by atoms with Gasteiger partial charge in [0.05, 0.1) is 11.0 Å². The third kappa shape index (κ3) is 3.33. The van der Waals surface area contributed by atoms with Gasteiger partial charge < -0.3 is 9.51 Å².